The van der Waals surface area contributed by atoms with Crippen molar-refractivity contribution in [1.29, 1.82) is 0 Å². The van der Waals surface area contributed by atoms with Crippen LogP contribution in [0.5, 0.6) is 0 Å². The molecule has 1 saturated carbocycles. The molecule has 5 aromatic rings. The van der Waals surface area contributed by atoms with Crippen LogP contribution in [0.2, 0.25) is 0 Å². The lowest BCUT2D eigenvalue weighted by atomic mass is 10.1. The van der Waals surface area contributed by atoms with E-state index >= 15 is 0 Å². The molecule has 0 saturated heterocycles. The Hall–Kier alpha value is -3.77. The number of imidazole rings is 1. The zero-order valence-electron chi connectivity index (χ0n) is 17.8. The van der Waals surface area contributed by atoms with E-state index in [2.05, 4.69) is 22.1 Å². The first-order valence-corrected chi connectivity index (χ1v) is 11.5. The smallest absolute Gasteiger partial charge is 0.165 e. The number of nitrogen functional groups attached to an aromatic ring is 1. The zero-order chi connectivity index (χ0) is 22.4. The minimum atomic E-state index is 0.420. The van der Waals surface area contributed by atoms with Crippen LogP contribution in [-0.4, -0.2) is 24.5 Å². The molecule has 7 heteroatoms. The lowest BCUT2D eigenvalue weighted by Gasteiger charge is -2.11. The Kier molecular flexibility index (Phi) is 4.80. The third-order valence-electron chi connectivity index (χ3n) is 6.03. The molecule has 2 N–H and O–H groups in total. The molecule has 6 rings (SSSR count). The number of pyridine rings is 3. The monoisotopic (exact) mass is 452 g/mol. The molecule has 33 heavy (non-hydrogen) atoms. The van der Waals surface area contributed by atoms with Crippen molar-refractivity contribution in [2.75, 3.05) is 5.73 Å². The Labute approximate surface area is 196 Å². The van der Waals surface area contributed by atoms with Crippen molar-refractivity contribution in [3.63, 3.8) is 0 Å². The van der Waals surface area contributed by atoms with Crippen molar-refractivity contribution >= 4 is 28.6 Å². The fraction of sp³-hybridized carbons (Fsp3) is 0.154. The van der Waals surface area contributed by atoms with Crippen LogP contribution >= 0.6 is 11.6 Å². The van der Waals surface area contributed by atoms with Crippen molar-refractivity contribution in [3.05, 3.63) is 84.2 Å². The summed E-state index contributed by atoms with van der Waals surface area (Å²) in [5.74, 6) is 2.24. The van der Waals surface area contributed by atoms with E-state index in [1.165, 1.54) is 18.4 Å². The third kappa shape index (κ3) is 3.62. The van der Waals surface area contributed by atoms with Crippen molar-refractivity contribution in [3.8, 4) is 28.5 Å². The Morgan fingerprint density at radius 3 is 2.42 bits per heavy atom. The van der Waals surface area contributed by atoms with Crippen LogP contribution in [0.4, 0.5) is 5.82 Å². The summed E-state index contributed by atoms with van der Waals surface area (Å²) in [4.78, 5) is 18.8. The molecule has 1 aromatic carbocycles. The highest BCUT2D eigenvalue weighted by Crippen LogP contribution is 2.40. The topological polar surface area (TPSA) is 82.5 Å². The van der Waals surface area contributed by atoms with Gasteiger partial charge in [-0.2, -0.15) is 0 Å². The van der Waals surface area contributed by atoms with Crippen LogP contribution in [0.25, 0.3) is 39.6 Å². The second-order valence-electron chi connectivity index (χ2n) is 8.30. The highest BCUT2D eigenvalue weighted by molar-refractivity contribution is 6.17. The van der Waals surface area contributed by atoms with Gasteiger partial charge in [0, 0.05) is 24.0 Å². The highest BCUT2D eigenvalue weighted by atomic mass is 35.5. The maximum atomic E-state index is 6.22. The number of alkyl halides is 1. The zero-order valence-corrected chi connectivity index (χ0v) is 18.6. The first kappa shape index (κ1) is 19.9. The van der Waals surface area contributed by atoms with E-state index in [0.717, 1.165) is 39.4 Å². The van der Waals surface area contributed by atoms with E-state index in [4.69, 9.17) is 27.3 Å². The van der Waals surface area contributed by atoms with Gasteiger partial charge in [0.2, 0.25) is 0 Å². The summed E-state index contributed by atoms with van der Waals surface area (Å²) in [6.07, 6.45) is 6.16. The summed E-state index contributed by atoms with van der Waals surface area (Å²) >= 11 is 6.01. The van der Waals surface area contributed by atoms with Gasteiger partial charge in [-0.25, -0.2) is 15.0 Å². The van der Waals surface area contributed by atoms with Crippen molar-refractivity contribution in [2.24, 2.45) is 0 Å². The number of fused-ring (bicyclic) bond motifs is 1. The molecular weight excluding hydrogens is 432 g/mol. The van der Waals surface area contributed by atoms with Gasteiger partial charge in [-0.3, -0.25) is 9.55 Å². The van der Waals surface area contributed by atoms with Gasteiger partial charge >= 0.3 is 0 Å². The predicted molar refractivity (Wildman–Crippen MR) is 131 cm³/mol. The minimum Gasteiger partial charge on any atom is -0.383 e. The molecule has 0 radical (unpaired) electrons. The summed E-state index contributed by atoms with van der Waals surface area (Å²) in [6, 6.07) is 20.0. The first-order chi connectivity index (χ1) is 16.2. The first-order valence-electron chi connectivity index (χ1n) is 10.9. The molecule has 0 amide bonds. The fourth-order valence-corrected chi connectivity index (χ4v) is 4.26. The molecule has 0 aliphatic heterocycles. The Balaban J connectivity index is 1.54. The Bertz CT molecular complexity index is 1450. The van der Waals surface area contributed by atoms with E-state index in [9.17, 15) is 0 Å². The van der Waals surface area contributed by atoms with Crippen molar-refractivity contribution < 1.29 is 0 Å². The standard InChI is InChI=1S/C26H21ClN6/c27-14-16-3-8-19(9-4-16)33-25(20-2-1-13-29-24(20)28)32-23-12-11-22(31-26(23)33)21-10-7-18(15-30-21)17-5-6-17/h1-4,7-13,15,17H,5-6,14H2,(H2,28,29). The Morgan fingerprint density at radius 2 is 1.73 bits per heavy atom. The van der Waals surface area contributed by atoms with E-state index in [0.29, 0.717) is 23.4 Å². The summed E-state index contributed by atoms with van der Waals surface area (Å²) in [7, 11) is 0. The van der Waals surface area contributed by atoms with Gasteiger partial charge in [0.25, 0.3) is 0 Å². The predicted octanol–water partition coefficient (Wildman–Crippen LogP) is 5.74. The van der Waals surface area contributed by atoms with Gasteiger partial charge in [-0.15, -0.1) is 11.6 Å². The van der Waals surface area contributed by atoms with Crippen LogP contribution in [-0.2, 0) is 5.88 Å². The number of rotatable bonds is 5. The lowest BCUT2D eigenvalue weighted by molar-refractivity contribution is 1.07. The maximum absolute atomic E-state index is 6.22. The number of anilines is 1. The van der Waals surface area contributed by atoms with E-state index in [1.807, 2.05) is 59.3 Å². The molecular formula is C26H21ClN6. The molecule has 1 aliphatic carbocycles. The summed E-state index contributed by atoms with van der Waals surface area (Å²) in [5.41, 5.74) is 13.4. The number of nitrogens with zero attached hydrogens (tertiary/aromatic N) is 5. The SMILES string of the molecule is Nc1ncccc1-c1nc2ccc(-c3ccc(C4CC4)cn3)nc2n1-c1ccc(CCl)cc1. The molecule has 4 heterocycles. The van der Waals surface area contributed by atoms with Crippen LogP contribution in [0, 0.1) is 0 Å². The normalized spacial score (nSPS) is 13.5. The van der Waals surface area contributed by atoms with Gasteiger partial charge in [-0.05, 0) is 72.4 Å². The number of hydrogen-bond donors (Lipinski definition) is 1. The van der Waals surface area contributed by atoms with Crippen LogP contribution in [0.1, 0.15) is 29.9 Å². The van der Waals surface area contributed by atoms with Gasteiger partial charge in [-0.1, -0.05) is 18.2 Å². The fourth-order valence-electron chi connectivity index (χ4n) is 4.08. The second-order valence-corrected chi connectivity index (χ2v) is 8.56. The molecule has 1 aliphatic rings. The lowest BCUT2D eigenvalue weighted by Crippen LogP contribution is -2.02. The molecule has 1 fully saturated rings. The Morgan fingerprint density at radius 1 is 0.909 bits per heavy atom. The summed E-state index contributed by atoms with van der Waals surface area (Å²) in [5, 5.41) is 0. The number of aromatic nitrogens is 5. The number of nitrogens with two attached hydrogens (primary N) is 1. The molecule has 0 atom stereocenters. The van der Waals surface area contributed by atoms with Crippen molar-refractivity contribution in [2.45, 2.75) is 24.6 Å². The van der Waals surface area contributed by atoms with Crippen LogP contribution in [0.15, 0.2) is 73.1 Å². The average molecular weight is 453 g/mol. The summed E-state index contributed by atoms with van der Waals surface area (Å²) < 4.78 is 2.02. The molecule has 4 aromatic heterocycles. The highest BCUT2D eigenvalue weighted by Gasteiger charge is 2.24. The number of benzene rings is 1. The molecule has 0 unspecified atom stereocenters. The van der Waals surface area contributed by atoms with Crippen LogP contribution < -0.4 is 5.73 Å². The van der Waals surface area contributed by atoms with Gasteiger partial charge in [0.05, 0.1) is 17.0 Å². The molecule has 6 nitrogen and oxygen atoms in total. The van der Waals surface area contributed by atoms with E-state index in [-0.39, 0.29) is 0 Å². The second kappa shape index (κ2) is 7.98. The minimum absolute atomic E-state index is 0.420. The van der Waals surface area contributed by atoms with E-state index in [1.54, 1.807) is 6.20 Å². The van der Waals surface area contributed by atoms with Crippen LogP contribution in [0.3, 0.4) is 0 Å². The third-order valence-corrected chi connectivity index (χ3v) is 6.34. The van der Waals surface area contributed by atoms with E-state index < -0.39 is 0 Å². The summed E-state index contributed by atoms with van der Waals surface area (Å²) in [6.45, 7) is 0. The molecule has 0 spiro atoms. The quantitative estimate of drug-likeness (QED) is 0.343. The average Bonchev–Trinajstić information content (AvgIpc) is 3.65. The van der Waals surface area contributed by atoms with Gasteiger partial charge in [0.15, 0.2) is 11.5 Å². The van der Waals surface area contributed by atoms with Gasteiger partial charge in [0.1, 0.15) is 11.3 Å². The molecule has 162 valence electrons. The van der Waals surface area contributed by atoms with Crippen molar-refractivity contribution in [1.82, 2.24) is 24.5 Å². The maximum Gasteiger partial charge on any atom is 0.165 e. The molecule has 0 bridgehead atoms. The number of halogens is 1. The number of hydrogen-bond acceptors (Lipinski definition) is 5. The van der Waals surface area contributed by atoms with Gasteiger partial charge < -0.3 is 5.73 Å². The largest absolute Gasteiger partial charge is 0.383 e.